The highest BCUT2D eigenvalue weighted by Gasteiger charge is 2.49. The number of sulfone groups is 2. The van der Waals surface area contributed by atoms with Crippen molar-refractivity contribution in [2.75, 3.05) is 37.7 Å². The number of rotatable bonds is 4. The average molecular weight is 445 g/mol. The molecule has 0 bridgehead atoms. The zero-order valence-electron chi connectivity index (χ0n) is 14.9. The van der Waals surface area contributed by atoms with Crippen LogP contribution in [0.1, 0.15) is 10.6 Å². The molecule has 8 nitrogen and oxygen atoms in total. The van der Waals surface area contributed by atoms with Crippen molar-refractivity contribution in [1.29, 1.82) is 0 Å². The predicted molar refractivity (Wildman–Crippen MR) is 104 cm³/mol. The Kier molecular flexibility index (Phi) is 5.10. The van der Waals surface area contributed by atoms with E-state index in [0.29, 0.717) is 26.2 Å². The average Bonchev–Trinajstić information content (AvgIpc) is 3.42. The SMILES string of the molecule is O=C(c1ccco1)N1CCN([C@H]2CS(=O)(=O)C[C@@H]2S(=O)(=O)c2cccs2)CC1. The third-order valence-electron chi connectivity index (χ3n) is 5.25. The van der Waals surface area contributed by atoms with Gasteiger partial charge < -0.3 is 9.32 Å². The quantitative estimate of drug-likeness (QED) is 0.685. The lowest BCUT2D eigenvalue weighted by Gasteiger charge is -2.38. The molecule has 0 radical (unpaired) electrons. The summed E-state index contributed by atoms with van der Waals surface area (Å²) >= 11 is 1.10. The van der Waals surface area contributed by atoms with Crippen LogP contribution in [-0.4, -0.2) is 81.5 Å². The molecule has 2 atom stereocenters. The second kappa shape index (κ2) is 7.29. The van der Waals surface area contributed by atoms with E-state index in [2.05, 4.69) is 0 Å². The maximum absolute atomic E-state index is 13.0. The maximum Gasteiger partial charge on any atom is 0.289 e. The summed E-state index contributed by atoms with van der Waals surface area (Å²) in [7, 11) is -7.17. The number of nitrogens with zero attached hydrogens (tertiary/aromatic N) is 2. The van der Waals surface area contributed by atoms with Crippen molar-refractivity contribution >= 4 is 36.9 Å². The first-order valence-corrected chi connectivity index (χ1v) is 13.1. The Morgan fingerprint density at radius 3 is 2.46 bits per heavy atom. The fourth-order valence-corrected chi connectivity index (χ4v) is 9.87. The number of carbonyl (C=O) groups excluding carboxylic acids is 1. The van der Waals surface area contributed by atoms with Gasteiger partial charge in [-0.15, -0.1) is 11.3 Å². The number of furan rings is 1. The molecule has 2 aromatic heterocycles. The van der Waals surface area contributed by atoms with Crippen LogP contribution in [0.25, 0.3) is 0 Å². The van der Waals surface area contributed by atoms with Crippen LogP contribution in [0.4, 0.5) is 0 Å². The molecule has 0 unspecified atom stereocenters. The molecule has 0 aliphatic carbocycles. The molecule has 2 saturated heterocycles. The summed E-state index contributed by atoms with van der Waals surface area (Å²) in [6, 6.07) is 5.81. The highest BCUT2D eigenvalue weighted by Crippen LogP contribution is 2.31. The van der Waals surface area contributed by atoms with Crippen molar-refractivity contribution in [2.24, 2.45) is 0 Å². The van der Waals surface area contributed by atoms with Crippen LogP contribution in [0, 0.1) is 0 Å². The van der Waals surface area contributed by atoms with E-state index < -0.39 is 31.0 Å². The summed E-state index contributed by atoms with van der Waals surface area (Å²) in [6.45, 7) is 1.62. The van der Waals surface area contributed by atoms with Gasteiger partial charge in [-0.1, -0.05) is 6.07 Å². The fraction of sp³-hybridized carbons (Fsp3) is 0.471. The maximum atomic E-state index is 13.0. The van der Waals surface area contributed by atoms with E-state index in [1.54, 1.807) is 28.5 Å². The van der Waals surface area contributed by atoms with Crippen molar-refractivity contribution in [1.82, 2.24) is 9.80 Å². The zero-order chi connectivity index (χ0) is 19.9. The number of carbonyl (C=O) groups is 1. The molecule has 0 spiro atoms. The lowest BCUT2D eigenvalue weighted by atomic mass is 10.2. The van der Waals surface area contributed by atoms with Crippen LogP contribution in [0.2, 0.25) is 0 Å². The van der Waals surface area contributed by atoms with Crippen LogP contribution in [0.5, 0.6) is 0 Å². The fourth-order valence-electron chi connectivity index (χ4n) is 3.82. The molecule has 2 aliphatic heterocycles. The summed E-state index contributed by atoms with van der Waals surface area (Å²) in [5.74, 6) is -0.487. The minimum atomic E-state index is -3.73. The Balaban J connectivity index is 1.51. The van der Waals surface area contributed by atoms with Gasteiger partial charge in [0.15, 0.2) is 25.4 Å². The molecule has 0 saturated carbocycles. The molecule has 2 aliphatic rings. The first kappa shape index (κ1) is 19.6. The van der Waals surface area contributed by atoms with E-state index in [-0.39, 0.29) is 27.4 Å². The Bertz CT molecular complexity index is 1040. The molecule has 2 aromatic rings. The van der Waals surface area contributed by atoms with Gasteiger partial charge in [0.2, 0.25) is 0 Å². The number of hydrogen-bond acceptors (Lipinski definition) is 8. The van der Waals surface area contributed by atoms with Crippen molar-refractivity contribution in [3.05, 3.63) is 41.7 Å². The van der Waals surface area contributed by atoms with E-state index in [1.165, 1.54) is 12.3 Å². The van der Waals surface area contributed by atoms with E-state index in [4.69, 9.17) is 4.42 Å². The van der Waals surface area contributed by atoms with Gasteiger partial charge in [-0.3, -0.25) is 9.69 Å². The monoisotopic (exact) mass is 444 g/mol. The molecular formula is C17H20N2O6S3. The molecule has 0 aromatic carbocycles. The standard InChI is InChI=1S/C17H20N2O6S3/c20-17(14-3-1-9-25-14)19-7-5-18(6-8-19)13-11-27(21,22)12-15(13)28(23,24)16-4-2-10-26-16/h1-4,9-10,13,15H,5-8,11-12H2/t13-,15-/m0/s1. The molecule has 28 heavy (non-hydrogen) atoms. The van der Waals surface area contributed by atoms with Gasteiger partial charge in [0.05, 0.1) is 23.0 Å². The summed E-state index contributed by atoms with van der Waals surface area (Å²) < 4.78 is 55.9. The van der Waals surface area contributed by atoms with Crippen LogP contribution in [0.15, 0.2) is 44.5 Å². The molecule has 0 N–H and O–H groups in total. The van der Waals surface area contributed by atoms with Gasteiger partial charge in [-0.25, -0.2) is 16.8 Å². The second-order valence-corrected chi connectivity index (χ2v) is 12.5. The molecule has 4 rings (SSSR count). The Labute approximate surface area is 167 Å². The van der Waals surface area contributed by atoms with Crippen molar-refractivity contribution in [3.63, 3.8) is 0 Å². The molecule has 4 heterocycles. The third kappa shape index (κ3) is 3.63. The summed E-state index contributed by atoms with van der Waals surface area (Å²) in [6.07, 6.45) is 1.44. The van der Waals surface area contributed by atoms with Gasteiger partial charge in [-0.2, -0.15) is 0 Å². The first-order chi connectivity index (χ1) is 13.3. The lowest BCUT2D eigenvalue weighted by Crippen LogP contribution is -2.55. The Morgan fingerprint density at radius 1 is 1.11 bits per heavy atom. The van der Waals surface area contributed by atoms with Crippen LogP contribution < -0.4 is 0 Å². The minimum Gasteiger partial charge on any atom is -0.459 e. The van der Waals surface area contributed by atoms with E-state index in [0.717, 1.165) is 11.3 Å². The highest BCUT2D eigenvalue weighted by molar-refractivity contribution is 7.97. The zero-order valence-corrected chi connectivity index (χ0v) is 17.4. The number of piperazine rings is 1. The molecule has 2 fully saturated rings. The van der Waals surface area contributed by atoms with Crippen LogP contribution in [-0.2, 0) is 19.7 Å². The third-order valence-corrected chi connectivity index (χ3v) is 10.8. The van der Waals surface area contributed by atoms with Gasteiger partial charge in [-0.05, 0) is 23.6 Å². The number of thiophene rings is 1. The van der Waals surface area contributed by atoms with E-state index >= 15 is 0 Å². The van der Waals surface area contributed by atoms with Gasteiger partial charge in [0.25, 0.3) is 5.91 Å². The van der Waals surface area contributed by atoms with Crippen LogP contribution >= 0.6 is 11.3 Å². The largest absolute Gasteiger partial charge is 0.459 e. The molecular weight excluding hydrogens is 424 g/mol. The van der Waals surface area contributed by atoms with Crippen molar-refractivity contribution < 1.29 is 26.0 Å². The summed E-state index contributed by atoms with van der Waals surface area (Å²) in [4.78, 5) is 15.9. The summed E-state index contributed by atoms with van der Waals surface area (Å²) in [5, 5.41) is 0.688. The summed E-state index contributed by atoms with van der Waals surface area (Å²) in [5.41, 5.74) is 0. The normalized spacial score (nSPS) is 25.8. The number of hydrogen-bond donors (Lipinski definition) is 0. The van der Waals surface area contributed by atoms with Gasteiger partial charge >= 0.3 is 0 Å². The van der Waals surface area contributed by atoms with Gasteiger partial charge in [0, 0.05) is 32.2 Å². The number of amides is 1. The molecule has 1 amide bonds. The molecule has 152 valence electrons. The highest BCUT2D eigenvalue weighted by atomic mass is 32.2. The smallest absolute Gasteiger partial charge is 0.289 e. The van der Waals surface area contributed by atoms with E-state index in [9.17, 15) is 21.6 Å². The molecule has 11 heteroatoms. The lowest BCUT2D eigenvalue weighted by molar-refractivity contribution is 0.0560. The minimum absolute atomic E-state index is 0.172. The first-order valence-electron chi connectivity index (χ1n) is 8.82. The predicted octanol–water partition coefficient (Wildman–Crippen LogP) is 0.738. The Morgan fingerprint density at radius 2 is 1.86 bits per heavy atom. The topological polar surface area (TPSA) is 105 Å². The Hall–Kier alpha value is -1.69. The van der Waals surface area contributed by atoms with Crippen molar-refractivity contribution in [3.8, 4) is 0 Å². The van der Waals surface area contributed by atoms with Crippen molar-refractivity contribution in [2.45, 2.75) is 15.5 Å². The van der Waals surface area contributed by atoms with Gasteiger partial charge in [0.1, 0.15) is 4.21 Å². The van der Waals surface area contributed by atoms with E-state index in [1.807, 2.05) is 4.90 Å². The second-order valence-electron chi connectivity index (χ2n) is 6.97. The van der Waals surface area contributed by atoms with Crippen LogP contribution in [0.3, 0.4) is 0 Å².